The first-order valence-electron chi connectivity index (χ1n) is 5.93. The highest BCUT2D eigenvalue weighted by molar-refractivity contribution is 5.97. The van der Waals surface area contributed by atoms with Gasteiger partial charge in [0.1, 0.15) is 0 Å². The van der Waals surface area contributed by atoms with Gasteiger partial charge in [-0.1, -0.05) is 35.5 Å². The Bertz CT molecular complexity index is 741. The van der Waals surface area contributed by atoms with Crippen LogP contribution < -0.4 is 5.73 Å². The first-order chi connectivity index (χ1) is 9.28. The summed E-state index contributed by atoms with van der Waals surface area (Å²) in [6.07, 6.45) is 1.93. The number of nitrogens with one attached hydrogen (secondary N) is 1. The van der Waals surface area contributed by atoms with E-state index in [9.17, 15) is 0 Å². The topological polar surface area (TPSA) is 74.4 Å². The minimum absolute atomic E-state index is 0.118. The van der Waals surface area contributed by atoms with Crippen LogP contribution in [0.3, 0.4) is 0 Å². The third kappa shape index (κ3) is 2.04. The van der Waals surface area contributed by atoms with Gasteiger partial charge in [-0.3, -0.25) is 0 Å². The molecule has 1 heterocycles. The maximum Gasteiger partial charge on any atom is 0.170 e. The zero-order chi connectivity index (χ0) is 13.2. The van der Waals surface area contributed by atoms with Crippen LogP contribution in [0, 0.1) is 0 Å². The van der Waals surface area contributed by atoms with Crippen molar-refractivity contribution in [2.45, 2.75) is 0 Å². The number of amidine groups is 1. The molecule has 0 bridgehead atoms. The van der Waals surface area contributed by atoms with E-state index in [4.69, 9.17) is 10.9 Å². The van der Waals surface area contributed by atoms with Crippen molar-refractivity contribution in [2.75, 3.05) is 0 Å². The van der Waals surface area contributed by atoms with Crippen molar-refractivity contribution >= 4 is 16.7 Å². The SMILES string of the molecule is NC(=NO)c1ccc(-c2ccc3[nH]ccc3c2)cc1. The Kier molecular flexibility index (Phi) is 2.68. The number of aromatic nitrogens is 1. The van der Waals surface area contributed by atoms with Gasteiger partial charge in [-0.05, 0) is 34.7 Å². The van der Waals surface area contributed by atoms with Gasteiger partial charge in [0.2, 0.25) is 0 Å². The normalized spacial score (nSPS) is 11.9. The van der Waals surface area contributed by atoms with Crippen molar-refractivity contribution in [3.8, 4) is 11.1 Å². The molecule has 0 saturated carbocycles. The molecule has 4 heteroatoms. The second kappa shape index (κ2) is 4.49. The highest BCUT2D eigenvalue weighted by atomic mass is 16.4. The standard InChI is InChI=1S/C15H13N3O/c16-15(18-19)11-3-1-10(2-4-11)12-5-6-14-13(9-12)7-8-17-14/h1-9,17,19H,(H2,16,18). The van der Waals surface area contributed by atoms with Gasteiger partial charge in [0, 0.05) is 17.3 Å². The molecule has 0 atom stereocenters. The van der Waals surface area contributed by atoms with Crippen LogP contribution in [-0.2, 0) is 0 Å². The lowest BCUT2D eigenvalue weighted by Gasteiger charge is -2.04. The lowest BCUT2D eigenvalue weighted by molar-refractivity contribution is 0.318. The fourth-order valence-corrected chi connectivity index (χ4v) is 2.12. The Balaban J connectivity index is 2.01. The first-order valence-corrected chi connectivity index (χ1v) is 5.93. The Hall–Kier alpha value is -2.75. The molecule has 0 spiro atoms. The molecular formula is C15H13N3O. The van der Waals surface area contributed by atoms with Gasteiger partial charge in [-0.15, -0.1) is 0 Å². The van der Waals surface area contributed by atoms with Crippen LogP contribution in [-0.4, -0.2) is 16.0 Å². The van der Waals surface area contributed by atoms with Crippen molar-refractivity contribution in [3.05, 3.63) is 60.3 Å². The number of oxime groups is 1. The average Bonchev–Trinajstić information content (AvgIpc) is 2.94. The molecule has 3 aromatic rings. The Labute approximate surface area is 110 Å². The van der Waals surface area contributed by atoms with E-state index in [1.807, 2.05) is 36.5 Å². The number of benzene rings is 2. The molecule has 0 aliphatic rings. The third-order valence-corrected chi connectivity index (χ3v) is 3.18. The largest absolute Gasteiger partial charge is 0.409 e. The van der Waals surface area contributed by atoms with Crippen LogP contribution in [0.5, 0.6) is 0 Å². The molecule has 0 amide bonds. The van der Waals surface area contributed by atoms with Crippen molar-refractivity contribution in [1.82, 2.24) is 4.98 Å². The number of rotatable bonds is 2. The average molecular weight is 251 g/mol. The number of nitrogens with two attached hydrogens (primary N) is 1. The monoisotopic (exact) mass is 251 g/mol. The summed E-state index contributed by atoms with van der Waals surface area (Å²) in [7, 11) is 0. The molecule has 94 valence electrons. The van der Waals surface area contributed by atoms with Gasteiger partial charge in [0.05, 0.1) is 0 Å². The van der Waals surface area contributed by atoms with Crippen LogP contribution in [0.1, 0.15) is 5.56 Å². The number of fused-ring (bicyclic) bond motifs is 1. The smallest absolute Gasteiger partial charge is 0.170 e. The summed E-state index contributed by atoms with van der Waals surface area (Å²) in [5, 5.41) is 12.8. The quantitative estimate of drug-likeness (QED) is 0.283. The second-order valence-electron chi connectivity index (χ2n) is 4.34. The molecule has 19 heavy (non-hydrogen) atoms. The zero-order valence-corrected chi connectivity index (χ0v) is 10.2. The third-order valence-electron chi connectivity index (χ3n) is 3.18. The molecule has 0 radical (unpaired) electrons. The fourth-order valence-electron chi connectivity index (χ4n) is 2.12. The summed E-state index contributed by atoms with van der Waals surface area (Å²) < 4.78 is 0. The van der Waals surface area contributed by atoms with Gasteiger partial charge in [-0.2, -0.15) is 0 Å². The molecule has 0 saturated heterocycles. The van der Waals surface area contributed by atoms with Gasteiger partial charge in [-0.25, -0.2) is 0 Å². The van der Waals surface area contributed by atoms with E-state index in [-0.39, 0.29) is 5.84 Å². The number of aromatic amines is 1. The zero-order valence-electron chi connectivity index (χ0n) is 10.2. The molecule has 0 unspecified atom stereocenters. The predicted octanol–water partition coefficient (Wildman–Crippen LogP) is 2.93. The van der Waals surface area contributed by atoms with E-state index in [0.717, 1.165) is 16.6 Å². The molecule has 4 N–H and O–H groups in total. The molecule has 0 fully saturated rings. The maximum absolute atomic E-state index is 8.63. The predicted molar refractivity (Wildman–Crippen MR) is 76.2 cm³/mol. The molecular weight excluding hydrogens is 238 g/mol. The van der Waals surface area contributed by atoms with Crippen molar-refractivity contribution in [2.24, 2.45) is 10.9 Å². The maximum atomic E-state index is 8.63. The summed E-state index contributed by atoms with van der Waals surface area (Å²) in [6, 6.07) is 15.9. The van der Waals surface area contributed by atoms with Gasteiger partial charge < -0.3 is 15.9 Å². The summed E-state index contributed by atoms with van der Waals surface area (Å²) in [5.41, 5.74) is 9.60. The number of hydrogen-bond donors (Lipinski definition) is 3. The van der Waals surface area contributed by atoms with Crippen LogP contribution in [0.2, 0.25) is 0 Å². The highest BCUT2D eigenvalue weighted by Gasteiger charge is 2.02. The van der Waals surface area contributed by atoms with E-state index in [1.54, 1.807) is 0 Å². The van der Waals surface area contributed by atoms with E-state index < -0.39 is 0 Å². The summed E-state index contributed by atoms with van der Waals surface area (Å²) in [4.78, 5) is 3.17. The van der Waals surface area contributed by atoms with E-state index in [1.165, 1.54) is 5.39 Å². The van der Waals surface area contributed by atoms with Crippen LogP contribution in [0.25, 0.3) is 22.0 Å². The summed E-state index contributed by atoms with van der Waals surface area (Å²) >= 11 is 0. The molecule has 4 nitrogen and oxygen atoms in total. The highest BCUT2D eigenvalue weighted by Crippen LogP contribution is 2.24. The molecule has 0 aliphatic heterocycles. The Morgan fingerprint density at radius 1 is 1.00 bits per heavy atom. The van der Waals surface area contributed by atoms with Crippen LogP contribution in [0.4, 0.5) is 0 Å². The molecule has 1 aromatic heterocycles. The van der Waals surface area contributed by atoms with Gasteiger partial charge in [0.15, 0.2) is 5.84 Å². The lowest BCUT2D eigenvalue weighted by Crippen LogP contribution is -2.12. The molecule has 3 rings (SSSR count). The second-order valence-corrected chi connectivity index (χ2v) is 4.34. The van der Waals surface area contributed by atoms with E-state index >= 15 is 0 Å². The van der Waals surface area contributed by atoms with Gasteiger partial charge in [0.25, 0.3) is 0 Å². The number of H-pyrrole nitrogens is 1. The minimum atomic E-state index is 0.118. The Morgan fingerprint density at radius 3 is 2.47 bits per heavy atom. The van der Waals surface area contributed by atoms with E-state index in [2.05, 4.69) is 28.3 Å². The van der Waals surface area contributed by atoms with Crippen LogP contribution >= 0.6 is 0 Å². The van der Waals surface area contributed by atoms with Crippen LogP contribution in [0.15, 0.2) is 59.9 Å². The number of hydrogen-bond acceptors (Lipinski definition) is 2. The van der Waals surface area contributed by atoms with Crippen molar-refractivity contribution < 1.29 is 5.21 Å². The molecule has 2 aromatic carbocycles. The molecule has 0 aliphatic carbocycles. The van der Waals surface area contributed by atoms with Crippen molar-refractivity contribution in [3.63, 3.8) is 0 Å². The lowest BCUT2D eigenvalue weighted by atomic mass is 10.0. The first kappa shape index (κ1) is 11.3. The Morgan fingerprint density at radius 2 is 1.74 bits per heavy atom. The summed E-state index contributed by atoms with van der Waals surface area (Å²) in [5.74, 6) is 0.118. The van der Waals surface area contributed by atoms with Gasteiger partial charge >= 0.3 is 0 Å². The fraction of sp³-hybridized carbons (Fsp3) is 0. The number of nitrogens with zero attached hydrogens (tertiary/aromatic N) is 1. The summed E-state index contributed by atoms with van der Waals surface area (Å²) in [6.45, 7) is 0. The van der Waals surface area contributed by atoms with Crippen molar-refractivity contribution in [1.29, 1.82) is 0 Å². The van der Waals surface area contributed by atoms with E-state index in [0.29, 0.717) is 5.56 Å². The minimum Gasteiger partial charge on any atom is -0.409 e.